The second-order valence-electron chi connectivity index (χ2n) is 8.64. The fourth-order valence-corrected chi connectivity index (χ4v) is 4.33. The second-order valence-corrected chi connectivity index (χ2v) is 8.64. The van der Waals surface area contributed by atoms with Crippen molar-refractivity contribution in [3.05, 3.63) is 35.8 Å². The van der Waals surface area contributed by atoms with Crippen LogP contribution in [0.2, 0.25) is 0 Å². The molecule has 2 fully saturated rings. The molecule has 30 heavy (non-hydrogen) atoms. The molecule has 7 nitrogen and oxygen atoms in total. The number of carbonyl (C=O) groups is 1. The van der Waals surface area contributed by atoms with Crippen LogP contribution in [0.1, 0.15) is 30.5 Å². The summed E-state index contributed by atoms with van der Waals surface area (Å²) in [5.74, 6) is 2.54. The summed E-state index contributed by atoms with van der Waals surface area (Å²) < 4.78 is 0. The first kappa shape index (κ1) is 20.7. The van der Waals surface area contributed by atoms with Gasteiger partial charge < -0.3 is 14.7 Å². The second kappa shape index (κ2) is 9.08. The van der Waals surface area contributed by atoms with E-state index in [1.165, 1.54) is 0 Å². The zero-order valence-electron chi connectivity index (χ0n) is 18.3. The molecule has 0 aromatic carbocycles. The number of aryl methyl sites for hydroxylation is 1. The van der Waals surface area contributed by atoms with Crippen LogP contribution in [0, 0.1) is 19.8 Å². The average molecular weight is 409 g/mol. The summed E-state index contributed by atoms with van der Waals surface area (Å²) in [5.41, 5.74) is 3.08. The van der Waals surface area contributed by atoms with Crippen LogP contribution >= 0.6 is 0 Å². The van der Waals surface area contributed by atoms with E-state index in [2.05, 4.69) is 33.7 Å². The van der Waals surface area contributed by atoms with Gasteiger partial charge in [-0.15, -0.1) is 0 Å². The molecular formula is C23H32N6O. The van der Waals surface area contributed by atoms with Gasteiger partial charge in [0.05, 0.1) is 0 Å². The van der Waals surface area contributed by atoms with E-state index in [1.54, 1.807) is 6.20 Å². The van der Waals surface area contributed by atoms with Gasteiger partial charge in [0, 0.05) is 74.9 Å². The van der Waals surface area contributed by atoms with Crippen molar-refractivity contribution in [2.24, 2.45) is 5.92 Å². The number of piperazine rings is 1. The fraction of sp³-hybridized carbons (Fsp3) is 0.565. The number of nitrogens with zero attached hydrogens (tertiary/aromatic N) is 6. The van der Waals surface area contributed by atoms with Crippen molar-refractivity contribution in [1.29, 1.82) is 0 Å². The third kappa shape index (κ3) is 4.61. The Kier molecular flexibility index (Phi) is 6.27. The summed E-state index contributed by atoms with van der Waals surface area (Å²) in [4.78, 5) is 33.2. The van der Waals surface area contributed by atoms with Gasteiger partial charge in [-0.1, -0.05) is 0 Å². The van der Waals surface area contributed by atoms with Gasteiger partial charge in [0.15, 0.2) is 5.82 Å². The summed E-state index contributed by atoms with van der Waals surface area (Å²) >= 11 is 0. The Balaban J connectivity index is 1.39. The normalized spacial score (nSPS) is 18.6. The number of anilines is 1. The van der Waals surface area contributed by atoms with E-state index in [0.29, 0.717) is 18.2 Å². The van der Waals surface area contributed by atoms with Gasteiger partial charge in [0.25, 0.3) is 0 Å². The van der Waals surface area contributed by atoms with Crippen molar-refractivity contribution < 1.29 is 4.79 Å². The van der Waals surface area contributed by atoms with E-state index >= 15 is 0 Å². The van der Waals surface area contributed by atoms with Crippen LogP contribution in [-0.2, 0) is 4.79 Å². The molecule has 160 valence electrons. The zero-order chi connectivity index (χ0) is 21.1. The number of pyridine rings is 1. The Hall–Kier alpha value is -2.54. The summed E-state index contributed by atoms with van der Waals surface area (Å²) in [6, 6.07) is 3.91. The molecule has 2 aromatic rings. The monoisotopic (exact) mass is 408 g/mol. The zero-order valence-corrected chi connectivity index (χ0v) is 18.3. The highest BCUT2D eigenvalue weighted by atomic mass is 16.2. The largest absolute Gasteiger partial charge is 0.356 e. The minimum atomic E-state index is 0.328. The molecule has 0 atom stereocenters. The predicted octanol–water partition coefficient (Wildman–Crippen LogP) is 2.54. The van der Waals surface area contributed by atoms with Gasteiger partial charge in [0.2, 0.25) is 5.91 Å². The van der Waals surface area contributed by atoms with E-state index in [4.69, 9.17) is 4.98 Å². The highest BCUT2D eigenvalue weighted by Gasteiger charge is 2.27. The molecule has 2 aliphatic rings. The van der Waals surface area contributed by atoms with Gasteiger partial charge in [0.1, 0.15) is 5.82 Å². The van der Waals surface area contributed by atoms with Crippen LogP contribution in [0.5, 0.6) is 0 Å². The standard InChI is InChI=1S/C23H32N6O/c1-17-18(2)25-22(20-5-4-8-24-16-20)26-23(17)29-9-6-19(7-10-29)15-21(30)28-13-11-27(3)12-14-28/h4-5,8,16,19H,6-7,9-15H2,1-3H3. The van der Waals surface area contributed by atoms with Crippen LogP contribution in [0.4, 0.5) is 5.82 Å². The first-order valence-corrected chi connectivity index (χ1v) is 11.0. The van der Waals surface area contributed by atoms with Crippen molar-refractivity contribution in [3.8, 4) is 11.4 Å². The SMILES string of the molecule is Cc1nc(-c2cccnc2)nc(N2CCC(CC(=O)N3CCN(C)CC3)CC2)c1C. The lowest BCUT2D eigenvalue weighted by atomic mass is 9.92. The Morgan fingerprint density at radius 1 is 1.07 bits per heavy atom. The van der Waals surface area contributed by atoms with E-state index in [0.717, 1.165) is 80.6 Å². The maximum absolute atomic E-state index is 12.7. The van der Waals surface area contributed by atoms with Crippen molar-refractivity contribution in [2.75, 3.05) is 51.2 Å². The number of piperidine rings is 1. The maximum Gasteiger partial charge on any atom is 0.222 e. The van der Waals surface area contributed by atoms with Gasteiger partial charge in [-0.3, -0.25) is 9.78 Å². The summed E-state index contributed by atoms with van der Waals surface area (Å²) in [6.07, 6.45) is 6.32. The van der Waals surface area contributed by atoms with Gasteiger partial charge >= 0.3 is 0 Å². The molecule has 0 aliphatic carbocycles. The topological polar surface area (TPSA) is 65.5 Å². The van der Waals surface area contributed by atoms with Crippen LogP contribution < -0.4 is 4.90 Å². The molecule has 1 amide bonds. The van der Waals surface area contributed by atoms with Crippen molar-refractivity contribution in [2.45, 2.75) is 33.1 Å². The first-order valence-electron chi connectivity index (χ1n) is 11.0. The molecule has 7 heteroatoms. The number of hydrogen-bond donors (Lipinski definition) is 0. The number of rotatable bonds is 4. The van der Waals surface area contributed by atoms with E-state index in [1.807, 2.05) is 30.2 Å². The van der Waals surface area contributed by atoms with Crippen LogP contribution in [0.15, 0.2) is 24.5 Å². The number of aromatic nitrogens is 3. The molecule has 0 spiro atoms. The average Bonchev–Trinajstić information content (AvgIpc) is 2.77. The molecule has 2 saturated heterocycles. The minimum Gasteiger partial charge on any atom is -0.356 e. The Morgan fingerprint density at radius 3 is 2.47 bits per heavy atom. The molecular weight excluding hydrogens is 376 g/mol. The molecule has 0 radical (unpaired) electrons. The Bertz CT molecular complexity index is 871. The first-order chi connectivity index (χ1) is 14.5. The molecule has 0 bridgehead atoms. The van der Waals surface area contributed by atoms with E-state index in [9.17, 15) is 4.79 Å². The van der Waals surface area contributed by atoms with Crippen LogP contribution in [0.25, 0.3) is 11.4 Å². The molecule has 0 saturated carbocycles. The summed E-state index contributed by atoms with van der Waals surface area (Å²) in [5, 5.41) is 0. The van der Waals surface area contributed by atoms with Gasteiger partial charge in [-0.2, -0.15) is 0 Å². The maximum atomic E-state index is 12.7. The van der Waals surface area contributed by atoms with Crippen LogP contribution in [-0.4, -0.2) is 77.0 Å². The summed E-state index contributed by atoms with van der Waals surface area (Å²) in [6.45, 7) is 9.71. The molecule has 2 aliphatic heterocycles. The third-order valence-corrected chi connectivity index (χ3v) is 6.52. The fourth-order valence-electron chi connectivity index (χ4n) is 4.33. The summed E-state index contributed by atoms with van der Waals surface area (Å²) in [7, 11) is 2.12. The number of carbonyl (C=O) groups excluding carboxylic acids is 1. The number of amides is 1. The highest BCUT2D eigenvalue weighted by Crippen LogP contribution is 2.29. The molecule has 2 aromatic heterocycles. The predicted molar refractivity (Wildman–Crippen MR) is 118 cm³/mol. The molecule has 0 unspecified atom stereocenters. The number of hydrogen-bond acceptors (Lipinski definition) is 6. The van der Waals surface area contributed by atoms with E-state index in [-0.39, 0.29) is 0 Å². The van der Waals surface area contributed by atoms with Gasteiger partial charge in [-0.05, 0) is 51.8 Å². The van der Waals surface area contributed by atoms with Crippen molar-refractivity contribution >= 4 is 11.7 Å². The minimum absolute atomic E-state index is 0.328. The number of likely N-dealkylation sites (N-methyl/N-ethyl adjacent to an activating group) is 1. The third-order valence-electron chi connectivity index (χ3n) is 6.52. The molecule has 4 heterocycles. The quantitative estimate of drug-likeness (QED) is 0.775. The van der Waals surface area contributed by atoms with Crippen molar-refractivity contribution in [1.82, 2.24) is 24.8 Å². The van der Waals surface area contributed by atoms with E-state index < -0.39 is 0 Å². The lowest BCUT2D eigenvalue weighted by Gasteiger charge is -2.36. The lowest BCUT2D eigenvalue weighted by molar-refractivity contribution is -0.133. The smallest absolute Gasteiger partial charge is 0.222 e. The van der Waals surface area contributed by atoms with Crippen molar-refractivity contribution in [3.63, 3.8) is 0 Å². The van der Waals surface area contributed by atoms with Crippen LogP contribution in [0.3, 0.4) is 0 Å². The molecule has 0 N–H and O–H groups in total. The molecule has 4 rings (SSSR count). The Morgan fingerprint density at radius 2 is 1.80 bits per heavy atom. The van der Waals surface area contributed by atoms with Gasteiger partial charge in [-0.25, -0.2) is 9.97 Å². The highest BCUT2D eigenvalue weighted by molar-refractivity contribution is 5.76. The Labute approximate surface area is 179 Å². The lowest BCUT2D eigenvalue weighted by Crippen LogP contribution is -2.47.